The van der Waals surface area contributed by atoms with Crippen LogP contribution in [0.4, 0.5) is 10.1 Å². The third-order valence-corrected chi connectivity index (χ3v) is 6.89. The maximum atomic E-state index is 13.4. The summed E-state index contributed by atoms with van der Waals surface area (Å²) in [6.45, 7) is 1.27. The number of hydrogen-bond acceptors (Lipinski definition) is 6. The van der Waals surface area contributed by atoms with Gasteiger partial charge in [0, 0.05) is 18.2 Å². The van der Waals surface area contributed by atoms with Gasteiger partial charge in [-0.2, -0.15) is 0 Å². The van der Waals surface area contributed by atoms with Crippen molar-refractivity contribution in [1.82, 2.24) is 20.1 Å². The fourth-order valence-electron chi connectivity index (χ4n) is 3.96. The fourth-order valence-corrected chi connectivity index (χ4v) is 4.71. The molecule has 1 atom stereocenters. The van der Waals surface area contributed by atoms with Gasteiger partial charge in [-0.25, -0.2) is 4.39 Å². The number of aromatic nitrogens is 3. The second-order valence-electron chi connectivity index (χ2n) is 8.69. The lowest BCUT2D eigenvalue weighted by Crippen LogP contribution is -2.27. The normalized spacial score (nSPS) is 17.3. The van der Waals surface area contributed by atoms with Crippen LogP contribution in [0.5, 0.6) is 0 Å². The van der Waals surface area contributed by atoms with Crippen LogP contribution in [0.1, 0.15) is 36.0 Å². The van der Waals surface area contributed by atoms with E-state index < -0.39 is 0 Å². The van der Waals surface area contributed by atoms with Crippen LogP contribution in [0, 0.1) is 5.82 Å². The Hall–Kier alpha value is -3.24. The molecule has 8 nitrogen and oxygen atoms in total. The molecular weight excluding hydrogens is 469 g/mol. The summed E-state index contributed by atoms with van der Waals surface area (Å²) in [6.07, 6.45) is 3.95. The van der Waals surface area contributed by atoms with Crippen LogP contribution in [-0.2, 0) is 16.1 Å². The summed E-state index contributed by atoms with van der Waals surface area (Å²) in [5.41, 5.74) is 1.66. The molecule has 0 spiro atoms. The fraction of sp³-hybridized carbons (Fsp3) is 0.360. The number of anilines is 1. The van der Waals surface area contributed by atoms with Gasteiger partial charge in [-0.3, -0.25) is 14.2 Å². The van der Waals surface area contributed by atoms with E-state index in [0.29, 0.717) is 28.8 Å². The molecule has 35 heavy (non-hydrogen) atoms. The van der Waals surface area contributed by atoms with Gasteiger partial charge in [0.2, 0.25) is 5.91 Å². The van der Waals surface area contributed by atoms with E-state index in [1.165, 1.54) is 23.9 Å². The van der Waals surface area contributed by atoms with Crippen molar-refractivity contribution in [3.8, 4) is 11.4 Å². The monoisotopic (exact) mass is 495 g/mol. The molecule has 2 heterocycles. The van der Waals surface area contributed by atoms with Gasteiger partial charge < -0.3 is 15.4 Å². The van der Waals surface area contributed by atoms with Crippen molar-refractivity contribution in [2.24, 2.45) is 0 Å². The number of carbonyl (C=O) groups excluding carboxylic acids is 2. The number of benzene rings is 2. The highest BCUT2D eigenvalue weighted by atomic mass is 32.2. The summed E-state index contributed by atoms with van der Waals surface area (Å²) in [5, 5.41) is 15.0. The molecule has 2 aliphatic rings. The summed E-state index contributed by atoms with van der Waals surface area (Å²) in [6, 6.07) is 13.3. The van der Waals surface area contributed by atoms with Crippen LogP contribution in [0.15, 0.2) is 53.7 Å². The Morgan fingerprint density at radius 1 is 1.09 bits per heavy atom. The number of rotatable bonds is 9. The van der Waals surface area contributed by atoms with Crippen molar-refractivity contribution < 1.29 is 18.7 Å². The Kier molecular flexibility index (Phi) is 7.10. The van der Waals surface area contributed by atoms with E-state index in [4.69, 9.17) is 4.74 Å². The number of halogens is 1. The summed E-state index contributed by atoms with van der Waals surface area (Å²) in [4.78, 5) is 25.3. The van der Waals surface area contributed by atoms with Crippen molar-refractivity contribution in [1.29, 1.82) is 0 Å². The lowest BCUT2D eigenvalue weighted by molar-refractivity contribution is -0.113. The first-order valence-electron chi connectivity index (χ1n) is 11.7. The van der Waals surface area contributed by atoms with Crippen molar-refractivity contribution >= 4 is 29.3 Å². The van der Waals surface area contributed by atoms with E-state index in [-0.39, 0.29) is 35.5 Å². The third kappa shape index (κ3) is 5.88. The predicted octanol–water partition coefficient (Wildman–Crippen LogP) is 3.89. The Balaban J connectivity index is 1.29. The van der Waals surface area contributed by atoms with Crippen LogP contribution in [-0.4, -0.2) is 51.1 Å². The molecule has 0 radical (unpaired) electrons. The van der Waals surface area contributed by atoms with Gasteiger partial charge in [-0.1, -0.05) is 23.9 Å². The summed E-state index contributed by atoms with van der Waals surface area (Å²) in [7, 11) is 0. The molecule has 1 aromatic heterocycles. The first-order valence-corrected chi connectivity index (χ1v) is 12.7. The van der Waals surface area contributed by atoms with E-state index in [9.17, 15) is 14.0 Å². The van der Waals surface area contributed by atoms with Crippen molar-refractivity contribution in [2.75, 3.05) is 17.7 Å². The number of nitrogens with zero attached hydrogens (tertiary/aromatic N) is 3. The maximum Gasteiger partial charge on any atom is 0.253 e. The number of carbonyl (C=O) groups is 2. The van der Waals surface area contributed by atoms with Gasteiger partial charge in [0.15, 0.2) is 11.0 Å². The molecule has 2 amide bonds. The van der Waals surface area contributed by atoms with Gasteiger partial charge in [0.25, 0.3) is 5.91 Å². The zero-order valence-electron chi connectivity index (χ0n) is 19.1. The maximum absolute atomic E-state index is 13.4. The highest BCUT2D eigenvalue weighted by Gasteiger charge is 2.25. The molecule has 0 bridgehead atoms. The van der Waals surface area contributed by atoms with E-state index in [0.717, 1.165) is 37.9 Å². The number of hydrogen-bond donors (Lipinski definition) is 2. The van der Waals surface area contributed by atoms with Gasteiger partial charge in [0.05, 0.1) is 29.7 Å². The standard InChI is InChI=1S/C25H26FN5O3S/c26-17-9-7-16(8-10-17)23-29-30-25(31(23)14-19-4-3-13-34-19)35-15-22(32)28-21-6-2-1-5-20(21)24(33)27-18-11-12-18/h1-2,5-10,18-19H,3-4,11-15H2,(H,27,33)(H,28,32). The van der Waals surface area contributed by atoms with Gasteiger partial charge in [-0.05, 0) is 62.1 Å². The zero-order valence-corrected chi connectivity index (χ0v) is 19.9. The predicted molar refractivity (Wildman–Crippen MR) is 131 cm³/mol. The second-order valence-corrected chi connectivity index (χ2v) is 9.63. The molecule has 2 fully saturated rings. The number of nitrogens with one attached hydrogen (secondary N) is 2. The smallest absolute Gasteiger partial charge is 0.253 e. The minimum absolute atomic E-state index is 0.0373. The number of ether oxygens (including phenoxy) is 1. The molecular formula is C25H26FN5O3S. The molecule has 2 N–H and O–H groups in total. The Bertz CT molecular complexity index is 1210. The topological polar surface area (TPSA) is 98.1 Å². The highest BCUT2D eigenvalue weighted by Crippen LogP contribution is 2.27. The van der Waals surface area contributed by atoms with Crippen molar-refractivity contribution in [3.05, 3.63) is 59.9 Å². The SMILES string of the molecule is O=C(CSc1nnc(-c2ccc(F)cc2)n1CC1CCCO1)Nc1ccccc1C(=O)NC1CC1. The van der Waals surface area contributed by atoms with Gasteiger partial charge >= 0.3 is 0 Å². The molecule has 5 rings (SSSR count). The lowest BCUT2D eigenvalue weighted by atomic mass is 10.1. The van der Waals surface area contributed by atoms with E-state index in [1.807, 2.05) is 4.57 Å². The Morgan fingerprint density at radius 2 is 1.89 bits per heavy atom. The van der Waals surface area contributed by atoms with Crippen LogP contribution in [0.3, 0.4) is 0 Å². The van der Waals surface area contributed by atoms with Gasteiger partial charge in [-0.15, -0.1) is 10.2 Å². The zero-order chi connectivity index (χ0) is 24.2. The quantitative estimate of drug-likeness (QED) is 0.437. The summed E-state index contributed by atoms with van der Waals surface area (Å²) >= 11 is 1.26. The first kappa shape index (κ1) is 23.5. The van der Waals surface area contributed by atoms with Gasteiger partial charge in [0.1, 0.15) is 5.82 Å². The number of amides is 2. The second kappa shape index (κ2) is 10.6. The van der Waals surface area contributed by atoms with E-state index in [1.54, 1.807) is 36.4 Å². The summed E-state index contributed by atoms with van der Waals surface area (Å²) < 4.78 is 21.2. The van der Waals surface area contributed by atoms with E-state index >= 15 is 0 Å². The minimum Gasteiger partial charge on any atom is -0.376 e. The molecule has 182 valence electrons. The van der Waals surface area contributed by atoms with Crippen molar-refractivity contribution in [3.63, 3.8) is 0 Å². The van der Waals surface area contributed by atoms with Crippen LogP contribution in [0.2, 0.25) is 0 Å². The number of para-hydroxylation sites is 1. The molecule has 1 unspecified atom stereocenters. The lowest BCUT2D eigenvalue weighted by Gasteiger charge is -2.15. The third-order valence-electron chi connectivity index (χ3n) is 5.92. The first-order chi connectivity index (χ1) is 17.1. The molecule has 1 saturated carbocycles. The minimum atomic E-state index is -0.323. The molecule has 3 aromatic rings. The average Bonchev–Trinajstić information content (AvgIpc) is 3.35. The molecule has 1 aliphatic carbocycles. The Labute approximate surface area is 206 Å². The van der Waals surface area contributed by atoms with Crippen LogP contribution < -0.4 is 10.6 Å². The molecule has 10 heteroatoms. The van der Waals surface area contributed by atoms with E-state index in [2.05, 4.69) is 20.8 Å². The molecule has 1 saturated heterocycles. The van der Waals surface area contributed by atoms with Crippen LogP contribution >= 0.6 is 11.8 Å². The van der Waals surface area contributed by atoms with Crippen molar-refractivity contribution in [2.45, 2.75) is 49.5 Å². The Morgan fingerprint density at radius 3 is 2.63 bits per heavy atom. The molecule has 2 aromatic carbocycles. The van der Waals surface area contributed by atoms with Crippen LogP contribution in [0.25, 0.3) is 11.4 Å². The molecule has 1 aliphatic heterocycles. The average molecular weight is 496 g/mol. The highest BCUT2D eigenvalue weighted by molar-refractivity contribution is 7.99. The number of thioether (sulfide) groups is 1. The largest absolute Gasteiger partial charge is 0.376 e. The summed E-state index contributed by atoms with van der Waals surface area (Å²) in [5.74, 6) is -0.0687.